The Morgan fingerprint density at radius 2 is 1.76 bits per heavy atom. The molecule has 3 aliphatic rings. The van der Waals surface area contributed by atoms with Crippen LogP contribution < -0.4 is 20.9 Å². The van der Waals surface area contributed by atoms with E-state index in [2.05, 4.69) is 43.0 Å². The Labute approximate surface area is 280 Å². The second-order valence-electron chi connectivity index (χ2n) is 12.3. The van der Waals surface area contributed by atoms with E-state index in [4.69, 9.17) is 0 Å². The highest BCUT2D eigenvalue weighted by Gasteiger charge is 2.48. The number of rotatable bonds is 8. The maximum absolute atomic E-state index is 13.9. The van der Waals surface area contributed by atoms with Crippen molar-refractivity contribution in [1.29, 1.82) is 0 Å². The zero-order valence-corrected chi connectivity index (χ0v) is 28.3. The van der Waals surface area contributed by atoms with Crippen LogP contribution in [0.3, 0.4) is 0 Å². The van der Waals surface area contributed by atoms with E-state index in [1.165, 1.54) is 0 Å². The molecule has 6 rings (SSSR count). The average molecular weight is 702 g/mol. The number of fused-ring (bicyclic) bond motifs is 1. The van der Waals surface area contributed by atoms with E-state index in [1.807, 2.05) is 12.1 Å². The number of H-pyrrole nitrogens is 1. The lowest BCUT2D eigenvalue weighted by atomic mass is 10.0. The van der Waals surface area contributed by atoms with Crippen molar-refractivity contribution in [1.82, 2.24) is 24.7 Å². The molecule has 1 aromatic heterocycles. The van der Waals surface area contributed by atoms with Gasteiger partial charge in [0.1, 0.15) is 11.6 Å². The van der Waals surface area contributed by atoms with E-state index < -0.39 is 38.0 Å². The zero-order valence-electron chi connectivity index (χ0n) is 25.9. The maximum atomic E-state index is 13.9. The molecule has 11 nitrogen and oxygen atoms in total. The average Bonchev–Trinajstić information content (AvgIpc) is 3.70. The van der Waals surface area contributed by atoms with Crippen LogP contribution in [0.2, 0.25) is 0 Å². The van der Waals surface area contributed by atoms with Crippen molar-refractivity contribution < 1.29 is 22.0 Å². The van der Waals surface area contributed by atoms with E-state index >= 15 is 0 Å². The monoisotopic (exact) mass is 700 g/mol. The fourth-order valence-corrected chi connectivity index (χ4v) is 8.03. The number of benzene rings is 2. The molecule has 0 aliphatic carbocycles. The predicted molar refractivity (Wildman–Crippen MR) is 179 cm³/mol. The second-order valence-corrected chi connectivity index (χ2v) is 14.1. The van der Waals surface area contributed by atoms with Gasteiger partial charge in [-0.15, -0.1) is 24.8 Å². The van der Waals surface area contributed by atoms with Gasteiger partial charge in [-0.05, 0) is 70.6 Å². The molecule has 2 fully saturated rings. The molecule has 0 saturated carbocycles. The summed E-state index contributed by atoms with van der Waals surface area (Å²) in [6.07, 6.45) is 2.17. The Hall–Kier alpha value is -3.01. The number of carbonyl (C=O) groups excluding carboxylic acids is 1. The largest absolute Gasteiger partial charge is 0.383 e. The molecule has 0 radical (unpaired) electrons. The number of halogens is 4. The van der Waals surface area contributed by atoms with Crippen molar-refractivity contribution in [3.05, 3.63) is 64.9 Å². The first-order valence-electron chi connectivity index (χ1n) is 14.9. The number of hydrogen-bond donors (Lipinski definition) is 4. The summed E-state index contributed by atoms with van der Waals surface area (Å²) in [5.41, 5.74) is 2.03. The molecule has 3 aromatic rings. The quantitative estimate of drug-likeness (QED) is 0.277. The lowest BCUT2D eigenvalue weighted by Crippen LogP contribution is -2.44. The number of nitrogens with one attached hydrogen (secondary N) is 4. The lowest BCUT2D eigenvalue weighted by Gasteiger charge is -2.34. The molecule has 16 heteroatoms. The van der Waals surface area contributed by atoms with Crippen LogP contribution in [0.25, 0.3) is 0 Å². The minimum absolute atomic E-state index is 0. The third kappa shape index (κ3) is 6.97. The summed E-state index contributed by atoms with van der Waals surface area (Å²) < 4.78 is 56.1. The highest BCUT2D eigenvalue weighted by molar-refractivity contribution is 7.89. The predicted octanol–water partition coefficient (Wildman–Crippen LogP) is 4.14. The van der Waals surface area contributed by atoms with Crippen molar-refractivity contribution in [3.8, 4) is 0 Å². The molecule has 0 spiro atoms. The van der Waals surface area contributed by atoms with Crippen LogP contribution in [0.15, 0.2) is 41.3 Å². The number of likely N-dealkylation sites (N-methyl/N-ethyl adjacent to an activating group) is 1. The van der Waals surface area contributed by atoms with Crippen LogP contribution >= 0.6 is 24.8 Å². The summed E-state index contributed by atoms with van der Waals surface area (Å²) in [4.78, 5) is 17.8. The lowest BCUT2D eigenvalue weighted by molar-refractivity contribution is 0.102. The second kappa shape index (κ2) is 14.0. The summed E-state index contributed by atoms with van der Waals surface area (Å²) in [6.45, 7) is 8.55. The number of aromatic nitrogens is 2. The fraction of sp³-hybridized carbons (Fsp3) is 0.467. The molecule has 3 aliphatic heterocycles. The highest BCUT2D eigenvalue weighted by atomic mass is 35.5. The Bertz CT molecular complexity index is 1660. The molecule has 2 saturated heterocycles. The van der Waals surface area contributed by atoms with Gasteiger partial charge in [0.2, 0.25) is 10.0 Å². The number of piperazine rings is 1. The standard InChI is InChI=1S/C30H38F2N8O3S.2ClH/c1-30(2)27-25(18-40(30)44(42,43)23-14-19(31)13-20(32)15-23)28(37-36-27)35-29(41)24-7-6-22(39-11-9-38(3)10-12-39)16-26(24)34-17-21-5-4-8-33-21;;/h6-7,13-16,21,33-34H,4-5,8-12,17-18H2,1-3H3,(H2,35,36,37,41);2*1H. The summed E-state index contributed by atoms with van der Waals surface area (Å²) in [5.74, 6) is -2.16. The van der Waals surface area contributed by atoms with E-state index in [9.17, 15) is 22.0 Å². The van der Waals surface area contributed by atoms with Crippen LogP contribution in [0, 0.1) is 11.6 Å². The van der Waals surface area contributed by atoms with Gasteiger partial charge in [0, 0.05) is 68.3 Å². The molecule has 4 N–H and O–H groups in total. The van der Waals surface area contributed by atoms with Gasteiger partial charge in [0.15, 0.2) is 5.82 Å². The minimum Gasteiger partial charge on any atom is -0.383 e. The van der Waals surface area contributed by atoms with Crippen molar-refractivity contribution in [2.75, 3.05) is 61.8 Å². The molecular weight excluding hydrogens is 661 g/mol. The van der Waals surface area contributed by atoms with Gasteiger partial charge in [-0.25, -0.2) is 17.2 Å². The molecule has 1 unspecified atom stereocenters. The summed E-state index contributed by atoms with van der Waals surface area (Å²) in [6, 6.07) is 8.30. The maximum Gasteiger partial charge on any atom is 0.258 e. The molecule has 252 valence electrons. The fourth-order valence-electron chi connectivity index (χ4n) is 6.26. The van der Waals surface area contributed by atoms with Crippen molar-refractivity contribution in [2.24, 2.45) is 0 Å². The van der Waals surface area contributed by atoms with Gasteiger partial charge >= 0.3 is 0 Å². The van der Waals surface area contributed by atoms with E-state index in [0.717, 1.165) is 67.7 Å². The molecular formula is C30H40Cl2F2N8O3S. The first-order valence-corrected chi connectivity index (χ1v) is 16.3. The van der Waals surface area contributed by atoms with Gasteiger partial charge in [-0.3, -0.25) is 9.89 Å². The molecule has 46 heavy (non-hydrogen) atoms. The third-order valence-electron chi connectivity index (χ3n) is 8.88. The van der Waals surface area contributed by atoms with Gasteiger partial charge in [-0.1, -0.05) is 0 Å². The minimum atomic E-state index is -4.30. The van der Waals surface area contributed by atoms with Crippen LogP contribution in [0.1, 0.15) is 48.3 Å². The van der Waals surface area contributed by atoms with Crippen LogP contribution in [0.4, 0.5) is 26.0 Å². The Morgan fingerprint density at radius 3 is 2.41 bits per heavy atom. The number of amides is 1. The molecule has 1 amide bonds. The van der Waals surface area contributed by atoms with Crippen molar-refractivity contribution >= 4 is 57.9 Å². The topological polar surface area (TPSA) is 126 Å². The number of anilines is 3. The normalized spacial score (nSPS) is 19.7. The molecule has 4 heterocycles. The van der Waals surface area contributed by atoms with Crippen molar-refractivity contribution in [2.45, 2.75) is 49.7 Å². The van der Waals surface area contributed by atoms with Crippen LogP contribution in [-0.4, -0.2) is 86.1 Å². The third-order valence-corrected chi connectivity index (χ3v) is 10.9. The summed E-state index contributed by atoms with van der Waals surface area (Å²) in [5, 5.41) is 17.0. The highest BCUT2D eigenvalue weighted by Crippen LogP contribution is 2.44. The first kappa shape index (κ1) is 35.8. The number of aromatic amines is 1. The number of carbonyl (C=O) groups is 1. The van der Waals surface area contributed by atoms with Gasteiger partial charge in [-0.2, -0.15) is 9.40 Å². The van der Waals surface area contributed by atoms with E-state index in [0.29, 0.717) is 41.2 Å². The molecule has 0 bridgehead atoms. The summed E-state index contributed by atoms with van der Waals surface area (Å²) >= 11 is 0. The van der Waals surface area contributed by atoms with Crippen molar-refractivity contribution in [3.63, 3.8) is 0 Å². The van der Waals surface area contributed by atoms with E-state index in [1.54, 1.807) is 19.9 Å². The van der Waals surface area contributed by atoms with Crippen LogP contribution in [0.5, 0.6) is 0 Å². The SMILES string of the molecule is CN1CCN(c2ccc(C(=O)Nc3n[nH]c4c3CN(S(=O)(=O)c3cc(F)cc(F)c3)C4(C)C)c(NCC3CCCN3)c2)CC1.Cl.Cl. The number of sulfonamides is 1. The molecule has 2 aromatic carbocycles. The van der Waals surface area contributed by atoms with Gasteiger partial charge in [0.25, 0.3) is 5.91 Å². The summed E-state index contributed by atoms with van der Waals surface area (Å²) in [7, 11) is -2.19. The number of nitrogens with zero attached hydrogens (tertiary/aromatic N) is 4. The molecule has 1 atom stereocenters. The number of hydrogen-bond acceptors (Lipinski definition) is 8. The van der Waals surface area contributed by atoms with Gasteiger partial charge < -0.3 is 25.8 Å². The Kier molecular flexibility index (Phi) is 10.9. The zero-order chi connectivity index (χ0) is 31.2. The van der Waals surface area contributed by atoms with E-state index in [-0.39, 0.29) is 37.2 Å². The first-order chi connectivity index (χ1) is 20.9. The van der Waals surface area contributed by atoms with Gasteiger partial charge in [0.05, 0.1) is 21.7 Å². The smallest absolute Gasteiger partial charge is 0.258 e. The Balaban J connectivity index is 0.00000240. The Morgan fingerprint density at radius 1 is 1.07 bits per heavy atom. The van der Waals surface area contributed by atoms with Crippen LogP contribution in [-0.2, 0) is 22.1 Å².